The van der Waals surface area contributed by atoms with Crippen LogP contribution in [0, 0.1) is 12.8 Å². The highest BCUT2D eigenvalue weighted by Crippen LogP contribution is 2.24. The van der Waals surface area contributed by atoms with Crippen LogP contribution in [0.2, 0.25) is 0 Å². The maximum absolute atomic E-state index is 13.0. The zero-order chi connectivity index (χ0) is 21.0. The summed E-state index contributed by atoms with van der Waals surface area (Å²) in [6, 6.07) is 6.23. The number of hydrogen-bond donors (Lipinski definition) is 3. The van der Waals surface area contributed by atoms with Crippen molar-refractivity contribution in [1.82, 2.24) is 15.2 Å². The third kappa shape index (κ3) is 4.35. The van der Waals surface area contributed by atoms with Gasteiger partial charge in [0.05, 0.1) is 6.04 Å². The predicted molar refractivity (Wildman–Crippen MR) is 108 cm³/mol. The summed E-state index contributed by atoms with van der Waals surface area (Å²) in [7, 11) is 1.82. The van der Waals surface area contributed by atoms with E-state index in [0.29, 0.717) is 12.1 Å². The first-order valence-electron chi connectivity index (χ1n) is 9.62. The second-order valence-corrected chi connectivity index (χ2v) is 7.49. The van der Waals surface area contributed by atoms with E-state index in [9.17, 15) is 19.1 Å². The first-order valence-corrected chi connectivity index (χ1v) is 9.62. The van der Waals surface area contributed by atoms with E-state index in [1.54, 1.807) is 6.92 Å². The van der Waals surface area contributed by atoms with Crippen molar-refractivity contribution in [1.29, 1.82) is 0 Å². The lowest BCUT2D eigenvalue weighted by Crippen LogP contribution is -2.54. The number of benzene rings is 1. The number of fused-ring (bicyclic) bond motifs is 1. The molecular formula is C21H30FN3O3. The molecule has 0 fully saturated rings. The lowest BCUT2D eigenvalue weighted by Gasteiger charge is -2.27. The third-order valence-electron chi connectivity index (χ3n) is 5.20. The normalized spacial score (nSPS) is 14.7. The Balaban J connectivity index is 2.25. The molecular weight excluding hydrogens is 361 g/mol. The molecule has 154 valence electrons. The van der Waals surface area contributed by atoms with Gasteiger partial charge in [0.15, 0.2) is 0 Å². The Morgan fingerprint density at radius 2 is 1.86 bits per heavy atom. The number of nitrogens with one attached hydrogen (secondary N) is 2. The van der Waals surface area contributed by atoms with Crippen molar-refractivity contribution in [3.8, 4) is 0 Å². The summed E-state index contributed by atoms with van der Waals surface area (Å²) < 4.78 is 14.6. The molecule has 6 nitrogen and oxygen atoms in total. The van der Waals surface area contributed by atoms with Crippen LogP contribution in [0.25, 0.3) is 10.9 Å². The van der Waals surface area contributed by atoms with Gasteiger partial charge in [-0.05, 0) is 30.9 Å². The molecule has 0 saturated carbocycles. The maximum Gasteiger partial charge on any atom is 0.268 e. The standard InChI is InChI=1S/C21H30FN3O3/c1-6-15(17(26)11-22)23-20(27)18(12(2)3)24-21(28)19-13(4)14-9-7-8-10-16(14)25(19)5/h7-10,12,15,17-18,26H,6,11H2,1-5H3,(H,23,27)(H,24,28)/t15?,17?,18-/m0/s1. The molecule has 28 heavy (non-hydrogen) atoms. The van der Waals surface area contributed by atoms with Gasteiger partial charge in [-0.2, -0.15) is 0 Å². The Morgan fingerprint density at radius 3 is 2.39 bits per heavy atom. The lowest BCUT2D eigenvalue weighted by atomic mass is 10.0. The molecule has 2 unspecified atom stereocenters. The van der Waals surface area contributed by atoms with Crippen molar-refractivity contribution in [3.63, 3.8) is 0 Å². The van der Waals surface area contributed by atoms with Crippen LogP contribution >= 0.6 is 0 Å². The van der Waals surface area contributed by atoms with Gasteiger partial charge < -0.3 is 20.3 Å². The average molecular weight is 391 g/mol. The maximum atomic E-state index is 13.0. The summed E-state index contributed by atoms with van der Waals surface area (Å²) in [4.78, 5) is 25.7. The van der Waals surface area contributed by atoms with E-state index in [1.807, 2.05) is 56.7 Å². The third-order valence-corrected chi connectivity index (χ3v) is 5.20. The van der Waals surface area contributed by atoms with E-state index in [4.69, 9.17) is 0 Å². The van der Waals surface area contributed by atoms with Gasteiger partial charge in [-0.15, -0.1) is 0 Å². The highest BCUT2D eigenvalue weighted by atomic mass is 19.1. The number of para-hydroxylation sites is 1. The number of hydrogen-bond acceptors (Lipinski definition) is 3. The van der Waals surface area contributed by atoms with Crippen LogP contribution < -0.4 is 10.6 Å². The smallest absolute Gasteiger partial charge is 0.268 e. The predicted octanol–water partition coefficient (Wildman–Crippen LogP) is 2.47. The quantitative estimate of drug-likeness (QED) is 0.646. The number of carbonyl (C=O) groups excluding carboxylic acids is 2. The van der Waals surface area contributed by atoms with Gasteiger partial charge in [0.2, 0.25) is 5.91 Å². The fourth-order valence-corrected chi connectivity index (χ4v) is 3.50. The Kier molecular flexibility index (Phi) is 7.18. The molecule has 0 saturated heterocycles. The molecule has 7 heteroatoms. The van der Waals surface area contributed by atoms with Gasteiger partial charge in [-0.25, -0.2) is 4.39 Å². The number of amides is 2. The number of carbonyl (C=O) groups is 2. The minimum Gasteiger partial charge on any atom is -0.388 e. The van der Waals surface area contributed by atoms with Gasteiger partial charge in [0.1, 0.15) is 24.5 Å². The van der Waals surface area contributed by atoms with Crippen LogP contribution in [-0.4, -0.2) is 46.4 Å². The number of rotatable bonds is 8. The second kappa shape index (κ2) is 9.19. The van der Waals surface area contributed by atoms with Crippen molar-refractivity contribution < 1.29 is 19.1 Å². The Bertz CT molecular complexity index is 808. The van der Waals surface area contributed by atoms with Crippen molar-refractivity contribution in [2.24, 2.45) is 13.0 Å². The summed E-state index contributed by atoms with van der Waals surface area (Å²) in [5, 5.41) is 16.2. The zero-order valence-electron chi connectivity index (χ0n) is 17.1. The minimum atomic E-state index is -1.27. The largest absolute Gasteiger partial charge is 0.388 e. The second-order valence-electron chi connectivity index (χ2n) is 7.49. The number of aromatic nitrogens is 1. The number of nitrogens with zero attached hydrogens (tertiary/aromatic N) is 1. The molecule has 0 aliphatic heterocycles. The van der Waals surface area contributed by atoms with Crippen LogP contribution in [0.15, 0.2) is 24.3 Å². The first-order chi connectivity index (χ1) is 13.2. The van der Waals surface area contributed by atoms with E-state index in [-0.39, 0.29) is 11.8 Å². The average Bonchev–Trinajstić information content (AvgIpc) is 2.93. The van der Waals surface area contributed by atoms with Crippen LogP contribution in [0.1, 0.15) is 43.2 Å². The molecule has 2 rings (SSSR count). The van der Waals surface area contributed by atoms with Crippen LogP contribution in [0.5, 0.6) is 0 Å². The van der Waals surface area contributed by atoms with Crippen LogP contribution in [0.4, 0.5) is 4.39 Å². The first kappa shape index (κ1) is 21.9. The van der Waals surface area contributed by atoms with Gasteiger partial charge in [-0.3, -0.25) is 9.59 Å². The molecule has 2 amide bonds. The highest BCUT2D eigenvalue weighted by molar-refractivity contribution is 6.03. The Hall–Kier alpha value is -2.41. The van der Waals surface area contributed by atoms with E-state index >= 15 is 0 Å². The van der Waals surface area contributed by atoms with E-state index in [2.05, 4.69) is 10.6 Å². The van der Waals surface area contributed by atoms with Crippen LogP contribution in [0.3, 0.4) is 0 Å². The highest BCUT2D eigenvalue weighted by Gasteiger charge is 2.29. The van der Waals surface area contributed by atoms with Crippen molar-refractivity contribution >= 4 is 22.7 Å². The van der Waals surface area contributed by atoms with Crippen molar-refractivity contribution in [2.45, 2.75) is 52.3 Å². The SMILES string of the molecule is CCC(NC(=O)[C@@H](NC(=O)c1c(C)c2ccccc2n1C)C(C)C)C(O)CF. The molecule has 1 heterocycles. The fourth-order valence-electron chi connectivity index (χ4n) is 3.50. The van der Waals surface area contributed by atoms with Gasteiger partial charge in [0, 0.05) is 18.0 Å². The molecule has 0 aliphatic rings. The van der Waals surface area contributed by atoms with E-state index < -0.39 is 30.8 Å². The summed E-state index contributed by atoms with van der Waals surface area (Å²) in [5.74, 6) is -0.956. The van der Waals surface area contributed by atoms with Gasteiger partial charge in [0.25, 0.3) is 5.91 Å². The molecule has 3 N–H and O–H groups in total. The molecule has 3 atom stereocenters. The molecule has 1 aromatic carbocycles. The molecule has 0 bridgehead atoms. The number of alkyl halides is 1. The monoisotopic (exact) mass is 391 g/mol. The van der Waals surface area contributed by atoms with Crippen molar-refractivity contribution in [2.75, 3.05) is 6.67 Å². The topological polar surface area (TPSA) is 83.4 Å². The zero-order valence-corrected chi connectivity index (χ0v) is 17.1. The summed E-state index contributed by atoms with van der Waals surface area (Å²) in [5.41, 5.74) is 2.28. The Morgan fingerprint density at radius 1 is 1.21 bits per heavy atom. The molecule has 0 spiro atoms. The lowest BCUT2D eigenvalue weighted by molar-refractivity contribution is -0.125. The molecule has 0 aliphatic carbocycles. The molecule has 1 aromatic heterocycles. The fraction of sp³-hybridized carbons (Fsp3) is 0.524. The molecule has 2 aromatic rings. The Labute approximate surface area is 165 Å². The van der Waals surface area contributed by atoms with Gasteiger partial charge >= 0.3 is 0 Å². The van der Waals surface area contributed by atoms with Gasteiger partial charge in [-0.1, -0.05) is 39.0 Å². The van der Waals surface area contributed by atoms with Crippen molar-refractivity contribution in [3.05, 3.63) is 35.5 Å². The summed E-state index contributed by atoms with van der Waals surface area (Å²) in [6.45, 7) is 6.35. The van der Waals surface area contributed by atoms with E-state index in [1.165, 1.54) is 0 Å². The number of aliphatic hydroxyl groups is 1. The molecule has 0 radical (unpaired) electrons. The summed E-state index contributed by atoms with van der Waals surface area (Å²) >= 11 is 0. The summed E-state index contributed by atoms with van der Waals surface area (Å²) in [6.07, 6.45) is -0.879. The van der Waals surface area contributed by atoms with Crippen LogP contribution in [-0.2, 0) is 11.8 Å². The van der Waals surface area contributed by atoms with E-state index in [0.717, 1.165) is 16.5 Å². The number of aryl methyl sites for hydroxylation is 2. The number of aliphatic hydroxyl groups excluding tert-OH is 1. The number of halogens is 1. The minimum absolute atomic E-state index is 0.182.